The molecule has 0 aromatic heterocycles. The van der Waals surface area contributed by atoms with E-state index in [0.717, 1.165) is 30.7 Å². The van der Waals surface area contributed by atoms with Gasteiger partial charge in [-0.05, 0) is 31.4 Å². The Hall–Kier alpha value is -1.83. The second-order valence-electron chi connectivity index (χ2n) is 4.95. The molecule has 1 aliphatic rings. The molecule has 1 unspecified atom stereocenters. The van der Waals surface area contributed by atoms with E-state index in [2.05, 4.69) is 17.2 Å². The SMILES string of the molecule is CC(=O)Nc1ccccc1C#CCCOC1CCCCO1. The number of ether oxygens (including phenoxy) is 2. The van der Waals surface area contributed by atoms with Crippen LogP contribution in [0, 0.1) is 11.8 Å². The Balaban J connectivity index is 1.80. The van der Waals surface area contributed by atoms with Crippen molar-refractivity contribution in [1.82, 2.24) is 0 Å². The standard InChI is InChI=1S/C17H21NO3/c1-14(19)18-16-10-3-2-8-15(16)9-4-6-12-20-17-11-5-7-13-21-17/h2-3,8,10,17H,5-7,11-13H2,1H3,(H,18,19). The molecule has 21 heavy (non-hydrogen) atoms. The number of nitrogens with one attached hydrogen (secondary N) is 1. The molecule has 4 nitrogen and oxygen atoms in total. The van der Waals surface area contributed by atoms with Gasteiger partial charge in [0.1, 0.15) is 0 Å². The van der Waals surface area contributed by atoms with Crippen LogP contribution in [-0.4, -0.2) is 25.4 Å². The average molecular weight is 287 g/mol. The molecular formula is C17H21NO3. The normalized spacial score (nSPS) is 17.7. The summed E-state index contributed by atoms with van der Waals surface area (Å²) >= 11 is 0. The molecule has 1 aromatic carbocycles. The van der Waals surface area contributed by atoms with Crippen LogP contribution in [-0.2, 0) is 14.3 Å². The van der Waals surface area contributed by atoms with Gasteiger partial charge < -0.3 is 14.8 Å². The van der Waals surface area contributed by atoms with Crippen LogP contribution in [0.5, 0.6) is 0 Å². The zero-order valence-electron chi connectivity index (χ0n) is 12.4. The molecule has 1 aliphatic heterocycles. The second kappa shape index (κ2) is 8.46. The van der Waals surface area contributed by atoms with Gasteiger partial charge in [-0.25, -0.2) is 0 Å². The average Bonchev–Trinajstić information content (AvgIpc) is 2.49. The Labute approximate surface area is 125 Å². The highest BCUT2D eigenvalue weighted by molar-refractivity contribution is 5.90. The Bertz CT molecular complexity index is 524. The lowest BCUT2D eigenvalue weighted by Crippen LogP contribution is -2.22. The predicted molar refractivity (Wildman–Crippen MR) is 81.8 cm³/mol. The van der Waals surface area contributed by atoms with Crippen molar-refractivity contribution in [3.05, 3.63) is 29.8 Å². The van der Waals surface area contributed by atoms with Crippen LogP contribution in [0.15, 0.2) is 24.3 Å². The molecule has 0 radical (unpaired) electrons. The van der Waals surface area contributed by atoms with Crippen molar-refractivity contribution in [2.24, 2.45) is 0 Å². The van der Waals surface area contributed by atoms with Crippen molar-refractivity contribution in [1.29, 1.82) is 0 Å². The predicted octanol–water partition coefficient (Wildman–Crippen LogP) is 2.93. The fourth-order valence-corrected chi connectivity index (χ4v) is 2.13. The summed E-state index contributed by atoms with van der Waals surface area (Å²) in [5.74, 6) is 6.05. The van der Waals surface area contributed by atoms with E-state index < -0.39 is 0 Å². The fourth-order valence-electron chi connectivity index (χ4n) is 2.13. The minimum Gasteiger partial charge on any atom is -0.353 e. The number of carbonyl (C=O) groups excluding carboxylic acids is 1. The maximum Gasteiger partial charge on any atom is 0.221 e. The third kappa shape index (κ3) is 5.58. The molecule has 0 aliphatic carbocycles. The van der Waals surface area contributed by atoms with Crippen molar-refractivity contribution >= 4 is 11.6 Å². The van der Waals surface area contributed by atoms with E-state index in [1.165, 1.54) is 13.3 Å². The lowest BCUT2D eigenvalue weighted by Gasteiger charge is -2.22. The van der Waals surface area contributed by atoms with Crippen LogP contribution in [0.1, 0.15) is 38.2 Å². The Morgan fingerprint density at radius 2 is 2.29 bits per heavy atom. The van der Waals surface area contributed by atoms with E-state index in [4.69, 9.17) is 9.47 Å². The Morgan fingerprint density at radius 3 is 3.05 bits per heavy atom. The van der Waals surface area contributed by atoms with Crippen LogP contribution >= 0.6 is 0 Å². The van der Waals surface area contributed by atoms with Gasteiger partial charge in [0.05, 0.1) is 12.3 Å². The molecule has 4 heteroatoms. The molecule has 0 bridgehead atoms. The van der Waals surface area contributed by atoms with Gasteiger partial charge in [0, 0.05) is 25.5 Å². The van der Waals surface area contributed by atoms with Crippen molar-refractivity contribution in [3.63, 3.8) is 0 Å². The molecule has 1 N–H and O–H groups in total. The Kier molecular flexibility index (Phi) is 6.26. The molecule has 0 saturated carbocycles. The zero-order chi connectivity index (χ0) is 14.9. The smallest absolute Gasteiger partial charge is 0.221 e. The molecule has 1 heterocycles. The highest BCUT2D eigenvalue weighted by atomic mass is 16.7. The van der Waals surface area contributed by atoms with Crippen LogP contribution in [0.25, 0.3) is 0 Å². The molecule has 1 saturated heterocycles. The Morgan fingerprint density at radius 1 is 1.43 bits per heavy atom. The molecule has 1 fully saturated rings. The number of carbonyl (C=O) groups is 1. The van der Waals surface area contributed by atoms with Gasteiger partial charge in [-0.2, -0.15) is 0 Å². The number of benzene rings is 1. The van der Waals surface area contributed by atoms with Gasteiger partial charge in [0.25, 0.3) is 0 Å². The van der Waals surface area contributed by atoms with E-state index in [1.54, 1.807) is 0 Å². The third-order valence-corrected chi connectivity index (χ3v) is 3.13. The molecule has 2 rings (SSSR count). The maximum absolute atomic E-state index is 11.1. The first-order chi connectivity index (χ1) is 10.3. The fraction of sp³-hybridized carbons (Fsp3) is 0.471. The minimum absolute atomic E-state index is 0.0628. The van der Waals surface area contributed by atoms with Crippen molar-refractivity contribution in [3.8, 4) is 11.8 Å². The lowest BCUT2D eigenvalue weighted by atomic mass is 10.1. The number of hydrogen-bond donors (Lipinski definition) is 1. The van der Waals surface area contributed by atoms with Crippen LogP contribution in [0.4, 0.5) is 5.69 Å². The first kappa shape index (κ1) is 15.6. The summed E-state index contributed by atoms with van der Waals surface area (Å²) in [6.45, 7) is 2.85. The molecule has 1 aromatic rings. The van der Waals surface area contributed by atoms with Crippen molar-refractivity contribution in [2.75, 3.05) is 18.5 Å². The van der Waals surface area contributed by atoms with Crippen molar-refractivity contribution in [2.45, 2.75) is 38.9 Å². The summed E-state index contributed by atoms with van der Waals surface area (Å²) in [6, 6.07) is 7.52. The van der Waals surface area contributed by atoms with E-state index in [9.17, 15) is 4.79 Å². The van der Waals surface area contributed by atoms with E-state index in [-0.39, 0.29) is 12.2 Å². The highest BCUT2D eigenvalue weighted by Gasteiger charge is 2.12. The first-order valence-electron chi connectivity index (χ1n) is 7.34. The van der Waals surface area contributed by atoms with E-state index >= 15 is 0 Å². The molecule has 112 valence electrons. The summed E-state index contributed by atoms with van der Waals surface area (Å²) < 4.78 is 11.1. The largest absolute Gasteiger partial charge is 0.353 e. The highest BCUT2D eigenvalue weighted by Crippen LogP contribution is 2.14. The molecular weight excluding hydrogens is 266 g/mol. The summed E-state index contributed by atoms with van der Waals surface area (Å²) in [6.07, 6.45) is 3.85. The van der Waals surface area contributed by atoms with E-state index in [0.29, 0.717) is 13.0 Å². The number of anilines is 1. The summed E-state index contributed by atoms with van der Waals surface area (Å²) in [5, 5.41) is 2.77. The third-order valence-electron chi connectivity index (χ3n) is 3.13. The van der Waals surface area contributed by atoms with Gasteiger partial charge in [-0.15, -0.1) is 0 Å². The van der Waals surface area contributed by atoms with Gasteiger partial charge in [0.2, 0.25) is 5.91 Å². The van der Waals surface area contributed by atoms with Crippen LogP contribution in [0.3, 0.4) is 0 Å². The summed E-state index contributed by atoms with van der Waals surface area (Å²) in [4.78, 5) is 11.1. The first-order valence-corrected chi connectivity index (χ1v) is 7.34. The minimum atomic E-state index is -0.0953. The van der Waals surface area contributed by atoms with Gasteiger partial charge in [-0.3, -0.25) is 4.79 Å². The lowest BCUT2D eigenvalue weighted by molar-refractivity contribution is -0.161. The molecule has 1 amide bonds. The molecule has 1 atom stereocenters. The summed E-state index contributed by atoms with van der Waals surface area (Å²) in [7, 11) is 0. The monoisotopic (exact) mass is 287 g/mol. The van der Waals surface area contributed by atoms with Crippen LogP contribution < -0.4 is 5.32 Å². The van der Waals surface area contributed by atoms with Gasteiger partial charge in [-0.1, -0.05) is 24.0 Å². The van der Waals surface area contributed by atoms with Gasteiger partial charge in [0.15, 0.2) is 6.29 Å². The van der Waals surface area contributed by atoms with E-state index in [1.807, 2.05) is 24.3 Å². The van der Waals surface area contributed by atoms with Crippen LogP contribution in [0.2, 0.25) is 0 Å². The number of hydrogen-bond acceptors (Lipinski definition) is 3. The topological polar surface area (TPSA) is 47.6 Å². The maximum atomic E-state index is 11.1. The van der Waals surface area contributed by atoms with Gasteiger partial charge >= 0.3 is 0 Å². The molecule has 0 spiro atoms. The second-order valence-corrected chi connectivity index (χ2v) is 4.95. The van der Waals surface area contributed by atoms with Crippen molar-refractivity contribution < 1.29 is 14.3 Å². The number of rotatable bonds is 4. The quantitative estimate of drug-likeness (QED) is 0.684. The number of amides is 1. The summed E-state index contributed by atoms with van der Waals surface area (Å²) in [5.41, 5.74) is 1.57. The zero-order valence-corrected chi connectivity index (χ0v) is 12.4. The number of para-hydroxylation sites is 1.